The van der Waals surface area contributed by atoms with Crippen LogP contribution < -0.4 is 16.0 Å². The van der Waals surface area contributed by atoms with Crippen molar-refractivity contribution in [3.63, 3.8) is 0 Å². The first-order valence-electron chi connectivity index (χ1n) is 7.82. The Morgan fingerprint density at radius 1 is 1.64 bits per heavy atom. The third-order valence-electron chi connectivity index (χ3n) is 4.52. The maximum absolute atomic E-state index is 12.4. The van der Waals surface area contributed by atoms with Crippen LogP contribution in [0, 0.1) is 0 Å². The van der Waals surface area contributed by atoms with Crippen LogP contribution >= 0.6 is 0 Å². The first-order chi connectivity index (χ1) is 10.7. The van der Waals surface area contributed by atoms with E-state index >= 15 is 0 Å². The molecule has 2 aliphatic heterocycles. The van der Waals surface area contributed by atoms with Crippen molar-refractivity contribution in [2.75, 3.05) is 20.2 Å². The number of hydrogen-bond donors (Lipinski definition) is 4. The molecule has 1 aliphatic carbocycles. The Kier molecular flexibility index (Phi) is 4.77. The Balaban J connectivity index is 1.58. The van der Waals surface area contributed by atoms with Gasteiger partial charge in [0.2, 0.25) is 12.3 Å². The van der Waals surface area contributed by atoms with E-state index in [1.807, 2.05) is 4.90 Å². The molecule has 3 rings (SSSR count). The van der Waals surface area contributed by atoms with E-state index in [9.17, 15) is 9.90 Å². The first-order valence-corrected chi connectivity index (χ1v) is 7.82. The van der Waals surface area contributed by atoms with Crippen molar-refractivity contribution in [3.05, 3.63) is 23.9 Å². The maximum atomic E-state index is 12.4. The summed E-state index contributed by atoms with van der Waals surface area (Å²) < 4.78 is 4.69. The Morgan fingerprint density at radius 3 is 3.27 bits per heavy atom. The van der Waals surface area contributed by atoms with Crippen LogP contribution in [0.1, 0.15) is 19.3 Å². The number of rotatable bonds is 5. The van der Waals surface area contributed by atoms with Crippen molar-refractivity contribution in [1.29, 1.82) is 0 Å². The van der Waals surface area contributed by atoms with Gasteiger partial charge in [0.1, 0.15) is 0 Å². The Morgan fingerprint density at radius 2 is 2.50 bits per heavy atom. The molecular formula is C15H24N4O3. The number of amides is 1. The van der Waals surface area contributed by atoms with Crippen molar-refractivity contribution >= 4 is 5.91 Å². The SMILES string of the molecule is CO[C@H](O)NCC(=O)N1CCC[C@H]1[C@@H]1NC2=CC=CC[C@@H]2N1. The van der Waals surface area contributed by atoms with Gasteiger partial charge in [-0.1, -0.05) is 12.2 Å². The number of aliphatic hydroxyl groups excluding tert-OH is 1. The molecule has 7 heteroatoms. The summed E-state index contributed by atoms with van der Waals surface area (Å²) >= 11 is 0. The largest absolute Gasteiger partial charge is 0.370 e. The van der Waals surface area contributed by atoms with Crippen LogP contribution in [0.2, 0.25) is 0 Å². The van der Waals surface area contributed by atoms with Crippen LogP contribution in [0.3, 0.4) is 0 Å². The smallest absolute Gasteiger partial charge is 0.237 e. The van der Waals surface area contributed by atoms with E-state index in [4.69, 9.17) is 0 Å². The highest BCUT2D eigenvalue weighted by Crippen LogP contribution is 2.25. The third kappa shape index (κ3) is 3.17. The standard InChI is InChI=1S/C15H24N4O3/c1-22-15(21)16-9-13(20)19-8-4-7-12(19)14-17-10-5-2-3-6-11(10)18-14/h2-3,5,11-12,14-18,21H,4,6-9H2,1H3/t11-,12-,14+,15-/m0/s1. The van der Waals surface area contributed by atoms with Crippen LogP contribution in [0.4, 0.5) is 0 Å². The van der Waals surface area contributed by atoms with Gasteiger partial charge >= 0.3 is 0 Å². The van der Waals surface area contributed by atoms with Crippen LogP contribution in [0.25, 0.3) is 0 Å². The van der Waals surface area contributed by atoms with Gasteiger partial charge in [0, 0.05) is 19.4 Å². The number of carbonyl (C=O) groups excluding carboxylic acids is 1. The highest BCUT2D eigenvalue weighted by molar-refractivity contribution is 5.79. The number of aliphatic hydroxyl groups is 1. The summed E-state index contributed by atoms with van der Waals surface area (Å²) in [5, 5.41) is 19.1. The third-order valence-corrected chi connectivity index (χ3v) is 4.52. The van der Waals surface area contributed by atoms with Crippen molar-refractivity contribution in [3.8, 4) is 0 Å². The summed E-state index contributed by atoms with van der Waals surface area (Å²) in [6, 6.07) is 0.474. The number of methoxy groups -OCH3 is 1. The Labute approximate surface area is 130 Å². The molecule has 0 aromatic carbocycles. The molecular weight excluding hydrogens is 284 g/mol. The fraction of sp³-hybridized carbons (Fsp3) is 0.667. The van der Waals surface area contributed by atoms with E-state index < -0.39 is 6.41 Å². The minimum atomic E-state index is -1.10. The monoisotopic (exact) mass is 308 g/mol. The number of nitrogens with zero attached hydrogens (tertiary/aromatic N) is 1. The molecule has 0 aromatic heterocycles. The quantitative estimate of drug-likeness (QED) is 0.499. The molecule has 3 aliphatic rings. The summed E-state index contributed by atoms with van der Waals surface area (Å²) in [6.07, 6.45) is 8.27. The topological polar surface area (TPSA) is 85.9 Å². The fourth-order valence-corrected chi connectivity index (χ4v) is 3.39. The lowest BCUT2D eigenvalue weighted by Gasteiger charge is -2.30. The molecule has 2 heterocycles. The molecule has 0 spiro atoms. The van der Waals surface area contributed by atoms with Gasteiger partial charge < -0.3 is 20.1 Å². The molecule has 0 aromatic rings. The van der Waals surface area contributed by atoms with Crippen molar-refractivity contribution in [2.45, 2.75) is 43.9 Å². The van der Waals surface area contributed by atoms with Gasteiger partial charge in [-0.25, -0.2) is 0 Å². The zero-order chi connectivity index (χ0) is 15.5. The van der Waals surface area contributed by atoms with Gasteiger partial charge in [0.05, 0.1) is 24.8 Å². The van der Waals surface area contributed by atoms with E-state index in [0.29, 0.717) is 6.04 Å². The minimum Gasteiger partial charge on any atom is -0.370 e. The number of likely N-dealkylation sites (tertiary alicyclic amines) is 1. The normalized spacial score (nSPS) is 31.6. The lowest BCUT2D eigenvalue weighted by molar-refractivity contribution is -0.137. The number of ether oxygens (including phenoxy) is 1. The van der Waals surface area contributed by atoms with Crippen molar-refractivity contribution < 1.29 is 14.6 Å². The van der Waals surface area contributed by atoms with Gasteiger partial charge in [-0.3, -0.25) is 15.4 Å². The lowest BCUT2D eigenvalue weighted by Crippen LogP contribution is -2.53. The predicted molar refractivity (Wildman–Crippen MR) is 81.4 cm³/mol. The Bertz CT molecular complexity index is 479. The lowest BCUT2D eigenvalue weighted by atomic mass is 10.1. The number of carbonyl (C=O) groups is 1. The molecule has 4 N–H and O–H groups in total. The summed E-state index contributed by atoms with van der Waals surface area (Å²) in [7, 11) is 1.39. The van der Waals surface area contributed by atoms with Gasteiger partial charge in [0.15, 0.2) is 0 Å². The second-order valence-corrected chi connectivity index (χ2v) is 5.89. The molecule has 0 unspecified atom stereocenters. The van der Waals surface area contributed by atoms with E-state index in [-0.39, 0.29) is 24.7 Å². The van der Waals surface area contributed by atoms with E-state index in [0.717, 1.165) is 25.8 Å². The summed E-state index contributed by atoms with van der Waals surface area (Å²) in [5.74, 6) is -0.0100. The molecule has 0 bridgehead atoms. The zero-order valence-electron chi connectivity index (χ0n) is 12.8. The van der Waals surface area contributed by atoms with Gasteiger partial charge in [-0.15, -0.1) is 0 Å². The minimum absolute atomic E-state index is 0.0100. The fourth-order valence-electron chi connectivity index (χ4n) is 3.39. The zero-order valence-corrected chi connectivity index (χ0v) is 12.8. The van der Waals surface area contributed by atoms with Gasteiger partial charge in [-0.2, -0.15) is 0 Å². The van der Waals surface area contributed by atoms with E-state index in [1.54, 1.807) is 0 Å². The molecule has 2 saturated heterocycles. The molecule has 0 saturated carbocycles. The van der Waals surface area contributed by atoms with Crippen LogP contribution in [0.15, 0.2) is 23.9 Å². The highest BCUT2D eigenvalue weighted by Gasteiger charge is 2.39. The van der Waals surface area contributed by atoms with Gasteiger partial charge in [0.25, 0.3) is 0 Å². The summed E-state index contributed by atoms with van der Waals surface area (Å²) in [6.45, 7) is 0.835. The summed E-state index contributed by atoms with van der Waals surface area (Å²) in [5.41, 5.74) is 1.21. The van der Waals surface area contributed by atoms with Crippen LogP contribution in [-0.4, -0.2) is 60.8 Å². The number of nitrogens with one attached hydrogen (secondary N) is 3. The van der Waals surface area contributed by atoms with Crippen molar-refractivity contribution in [1.82, 2.24) is 20.9 Å². The number of allylic oxidation sites excluding steroid dienone is 2. The molecule has 0 radical (unpaired) electrons. The average Bonchev–Trinajstić information content (AvgIpc) is 3.17. The molecule has 2 fully saturated rings. The van der Waals surface area contributed by atoms with E-state index in [2.05, 4.69) is 38.9 Å². The van der Waals surface area contributed by atoms with E-state index in [1.165, 1.54) is 12.8 Å². The first kappa shape index (κ1) is 15.5. The number of fused-ring (bicyclic) bond motifs is 1. The molecule has 4 atom stereocenters. The second kappa shape index (κ2) is 6.78. The van der Waals surface area contributed by atoms with Crippen LogP contribution in [-0.2, 0) is 9.53 Å². The Hall–Kier alpha value is -1.41. The molecule has 22 heavy (non-hydrogen) atoms. The highest BCUT2D eigenvalue weighted by atomic mass is 16.6. The van der Waals surface area contributed by atoms with Gasteiger partial charge in [-0.05, 0) is 25.3 Å². The molecule has 1 amide bonds. The predicted octanol–water partition coefficient (Wildman–Crippen LogP) is -0.779. The maximum Gasteiger partial charge on any atom is 0.237 e. The summed E-state index contributed by atoms with van der Waals surface area (Å²) in [4.78, 5) is 14.3. The molecule has 122 valence electrons. The average molecular weight is 308 g/mol. The second-order valence-electron chi connectivity index (χ2n) is 5.89. The van der Waals surface area contributed by atoms with Crippen molar-refractivity contribution in [2.24, 2.45) is 0 Å². The molecule has 7 nitrogen and oxygen atoms in total. The number of hydrogen-bond acceptors (Lipinski definition) is 6. The van der Waals surface area contributed by atoms with Crippen LogP contribution in [0.5, 0.6) is 0 Å².